The summed E-state index contributed by atoms with van der Waals surface area (Å²) >= 11 is 0. The molecule has 1 aliphatic carbocycles. The van der Waals surface area contributed by atoms with Crippen LogP contribution in [0.3, 0.4) is 0 Å². The standard InChI is InChI=1S/C12H20FNO2/c1-10(2,3)16-9(15)12(13)8-14-7-11(12)5-4-6-11/h14H,4-8H2,1-3H3. The number of carbonyl (C=O) groups excluding carboxylic acids is 1. The molecule has 0 aromatic carbocycles. The van der Waals surface area contributed by atoms with Crippen LogP contribution < -0.4 is 5.32 Å². The first-order chi connectivity index (χ1) is 7.29. The molecule has 1 unspecified atom stereocenters. The first-order valence-electron chi connectivity index (χ1n) is 5.92. The van der Waals surface area contributed by atoms with Crippen LogP contribution in [0.25, 0.3) is 0 Å². The van der Waals surface area contributed by atoms with Crippen LogP contribution in [-0.4, -0.2) is 30.3 Å². The summed E-state index contributed by atoms with van der Waals surface area (Å²) in [5.41, 5.74) is -2.93. The quantitative estimate of drug-likeness (QED) is 0.697. The van der Waals surface area contributed by atoms with Crippen molar-refractivity contribution in [3.05, 3.63) is 0 Å². The molecule has 0 aromatic rings. The Labute approximate surface area is 95.7 Å². The van der Waals surface area contributed by atoms with Crippen molar-refractivity contribution in [1.29, 1.82) is 0 Å². The number of ether oxygens (including phenoxy) is 1. The molecule has 0 amide bonds. The number of alkyl halides is 1. The molecule has 4 heteroatoms. The molecule has 0 aromatic heterocycles. The fourth-order valence-electron chi connectivity index (χ4n) is 2.63. The van der Waals surface area contributed by atoms with E-state index in [1.54, 1.807) is 20.8 Å². The summed E-state index contributed by atoms with van der Waals surface area (Å²) in [7, 11) is 0. The van der Waals surface area contributed by atoms with Gasteiger partial charge in [-0.25, -0.2) is 9.18 Å². The summed E-state index contributed by atoms with van der Waals surface area (Å²) in [6.07, 6.45) is 2.58. The lowest BCUT2D eigenvalue weighted by Gasteiger charge is -2.45. The number of carbonyl (C=O) groups is 1. The van der Waals surface area contributed by atoms with Gasteiger partial charge in [0.25, 0.3) is 0 Å². The first kappa shape index (κ1) is 11.8. The Morgan fingerprint density at radius 3 is 2.38 bits per heavy atom. The highest BCUT2D eigenvalue weighted by Crippen LogP contribution is 2.54. The molecule has 16 heavy (non-hydrogen) atoms. The molecule has 92 valence electrons. The van der Waals surface area contributed by atoms with E-state index in [0.717, 1.165) is 19.3 Å². The van der Waals surface area contributed by atoms with Gasteiger partial charge in [-0.2, -0.15) is 0 Å². The van der Waals surface area contributed by atoms with Crippen LogP contribution in [-0.2, 0) is 9.53 Å². The summed E-state index contributed by atoms with van der Waals surface area (Å²) in [6.45, 7) is 6.00. The maximum atomic E-state index is 14.8. The Balaban J connectivity index is 2.15. The molecule has 2 aliphatic rings. The van der Waals surface area contributed by atoms with Crippen LogP contribution >= 0.6 is 0 Å². The monoisotopic (exact) mass is 229 g/mol. The third-order valence-electron chi connectivity index (χ3n) is 3.71. The number of halogens is 1. The maximum absolute atomic E-state index is 14.8. The summed E-state index contributed by atoms with van der Waals surface area (Å²) < 4.78 is 20.0. The predicted octanol–water partition coefficient (Wildman–Crippen LogP) is 1.81. The topological polar surface area (TPSA) is 38.3 Å². The van der Waals surface area contributed by atoms with Gasteiger partial charge >= 0.3 is 5.97 Å². The lowest BCUT2D eigenvalue weighted by atomic mass is 9.61. The molecule has 1 spiro atoms. The highest BCUT2D eigenvalue weighted by Gasteiger charge is 2.64. The minimum atomic E-state index is -1.82. The van der Waals surface area contributed by atoms with Crippen LogP contribution in [0, 0.1) is 5.41 Å². The SMILES string of the molecule is CC(C)(C)OC(=O)C1(F)CNCC12CCC2. The van der Waals surface area contributed by atoms with Gasteiger partial charge in [0.1, 0.15) is 5.60 Å². The minimum Gasteiger partial charge on any atom is -0.458 e. The second-order valence-corrected chi connectivity index (χ2v) is 6.04. The maximum Gasteiger partial charge on any atom is 0.346 e. The van der Waals surface area contributed by atoms with Gasteiger partial charge in [0.2, 0.25) is 5.67 Å². The fourth-order valence-corrected chi connectivity index (χ4v) is 2.63. The zero-order valence-corrected chi connectivity index (χ0v) is 10.2. The summed E-state index contributed by atoms with van der Waals surface area (Å²) in [5.74, 6) is -0.690. The van der Waals surface area contributed by atoms with E-state index in [-0.39, 0.29) is 6.54 Å². The molecule has 1 heterocycles. The Bertz CT molecular complexity index is 307. The Morgan fingerprint density at radius 2 is 1.94 bits per heavy atom. The molecule has 1 saturated heterocycles. The number of hydrogen-bond donors (Lipinski definition) is 1. The van der Waals surface area contributed by atoms with Crippen LogP contribution in [0.5, 0.6) is 0 Å². The second kappa shape index (κ2) is 3.42. The van der Waals surface area contributed by atoms with Crippen molar-refractivity contribution in [3.63, 3.8) is 0 Å². The third-order valence-corrected chi connectivity index (χ3v) is 3.71. The van der Waals surface area contributed by atoms with E-state index in [1.807, 2.05) is 0 Å². The average Bonchev–Trinajstić information content (AvgIpc) is 2.40. The lowest BCUT2D eigenvalue weighted by molar-refractivity contribution is -0.180. The molecule has 1 saturated carbocycles. The third kappa shape index (κ3) is 1.63. The van der Waals surface area contributed by atoms with E-state index in [1.165, 1.54) is 0 Å². The Kier molecular flexibility index (Phi) is 2.53. The molecular formula is C12H20FNO2. The summed E-state index contributed by atoms with van der Waals surface area (Å²) in [4.78, 5) is 12.0. The number of esters is 1. The summed E-state index contributed by atoms with van der Waals surface area (Å²) in [5, 5.41) is 3.00. The van der Waals surface area contributed by atoms with Crippen molar-refractivity contribution in [1.82, 2.24) is 5.32 Å². The van der Waals surface area contributed by atoms with E-state index < -0.39 is 22.7 Å². The van der Waals surface area contributed by atoms with Crippen molar-refractivity contribution in [2.45, 2.75) is 51.3 Å². The van der Waals surface area contributed by atoms with Gasteiger partial charge in [0.05, 0.1) is 0 Å². The lowest BCUT2D eigenvalue weighted by Crippen LogP contribution is -2.55. The Morgan fingerprint density at radius 1 is 1.31 bits per heavy atom. The van der Waals surface area contributed by atoms with Gasteiger partial charge in [0.15, 0.2) is 0 Å². The van der Waals surface area contributed by atoms with Crippen molar-refractivity contribution < 1.29 is 13.9 Å². The van der Waals surface area contributed by atoms with Crippen molar-refractivity contribution in [2.75, 3.05) is 13.1 Å². The van der Waals surface area contributed by atoms with Gasteiger partial charge < -0.3 is 10.1 Å². The highest BCUT2D eigenvalue weighted by molar-refractivity contribution is 5.82. The number of hydrogen-bond acceptors (Lipinski definition) is 3. The van der Waals surface area contributed by atoms with Crippen molar-refractivity contribution in [3.8, 4) is 0 Å². The molecule has 1 aliphatic heterocycles. The highest BCUT2D eigenvalue weighted by atomic mass is 19.1. The van der Waals surface area contributed by atoms with E-state index in [0.29, 0.717) is 6.54 Å². The van der Waals surface area contributed by atoms with E-state index in [4.69, 9.17) is 4.74 Å². The molecule has 0 bridgehead atoms. The molecule has 1 N–H and O–H groups in total. The first-order valence-corrected chi connectivity index (χ1v) is 5.92. The van der Waals surface area contributed by atoms with E-state index in [2.05, 4.69) is 5.32 Å². The van der Waals surface area contributed by atoms with Crippen LogP contribution in [0.1, 0.15) is 40.0 Å². The molecular weight excluding hydrogens is 209 g/mol. The zero-order valence-electron chi connectivity index (χ0n) is 10.2. The largest absolute Gasteiger partial charge is 0.458 e. The molecule has 3 nitrogen and oxygen atoms in total. The molecule has 1 atom stereocenters. The van der Waals surface area contributed by atoms with E-state index in [9.17, 15) is 9.18 Å². The number of rotatable bonds is 1. The van der Waals surface area contributed by atoms with E-state index >= 15 is 0 Å². The van der Waals surface area contributed by atoms with Gasteiger partial charge in [-0.3, -0.25) is 0 Å². The smallest absolute Gasteiger partial charge is 0.346 e. The zero-order chi connectivity index (χ0) is 12.0. The molecule has 0 radical (unpaired) electrons. The Hall–Kier alpha value is -0.640. The number of nitrogens with one attached hydrogen (secondary N) is 1. The minimum absolute atomic E-state index is 0.0991. The van der Waals surface area contributed by atoms with Crippen LogP contribution in [0.15, 0.2) is 0 Å². The van der Waals surface area contributed by atoms with Gasteiger partial charge in [-0.05, 0) is 33.6 Å². The molecule has 2 fully saturated rings. The molecule has 2 rings (SSSR count). The van der Waals surface area contributed by atoms with Gasteiger partial charge in [-0.15, -0.1) is 0 Å². The summed E-state index contributed by atoms with van der Waals surface area (Å²) in [6, 6.07) is 0. The fraction of sp³-hybridized carbons (Fsp3) is 0.917. The van der Waals surface area contributed by atoms with Crippen LogP contribution in [0.4, 0.5) is 4.39 Å². The van der Waals surface area contributed by atoms with Gasteiger partial charge in [0, 0.05) is 18.5 Å². The normalized spacial score (nSPS) is 32.5. The second-order valence-electron chi connectivity index (χ2n) is 6.04. The predicted molar refractivity (Wildman–Crippen MR) is 58.8 cm³/mol. The van der Waals surface area contributed by atoms with Crippen molar-refractivity contribution >= 4 is 5.97 Å². The van der Waals surface area contributed by atoms with Crippen molar-refractivity contribution in [2.24, 2.45) is 5.41 Å². The average molecular weight is 229 g/mol. The van der Waals surface area contributed by atoms with Crippen LogP contribution in [0.2, 0.25) is 0 Å². The van der Waals surface area contributed by atoms with Gasteiger partial charge in [-0.1, -0.05) is 6.42 Å².